The van der Waals surface area contributed by atoms with Gasteiger partial charge in [-0.3, -0.25) is 19.5 Å². The van der Waals surface area contributed by atoms with E-state index in [-0.39, 0.29) is 18.4 Å². The predicted octanol–water partition coefficient (Wildman–Crippen LogP) is 2.46. The fraction of sp³-hybridized carbons (Fsp3) is 0.316. The van der Waals surface area contributed by atoms with Crippen molar-refractivity contribution in [1.82, 2.24) is 20.1 Å². The van der Waals surface area contributed by atoms with Gasteiger partial charge in [-0.05, 0) is 30.3 Å². The summed E-state index contributed by atoms with van der Waals surface area (Å²) >= 11 is 11.8. The summed E-state index contributed by atoms with van der Waals surface area (Å²) in [5, 5.41) is 3.33. The Kier molecular flexibility index (Phi) is 6.66. The van der Waals surface area contributed by atoms with Crippen LogP contribution in [0.3, 0.4) is 0 Å². The average molecular weight is 407 g/mol. The molecular weight excluding hydrogens is 387 g/mol. The summed E-state index contributed by atoms with van der Waals surface area (Å²) < 4.78 is 0. The van der Waals surface area contributed by atoms with Gasteiger partial charge in [0.25, 0.3) is 5.91 Å². The summed E-state index contributed by atoms with van der Waals surface area (Å²) in [6, 6.07) is 10.5. The van der Waals surface area contributed by atoms with Gasteiger partial charge in [-0.15, -0.1) is 0 Å². The number of amides is 2. The molecule has 142 valence electrons. The molecule has 0 spiro atoms. The van der Waals surface area contributed by atoms with E-state index in [2.05, 4.69) is 15.2 Å². The van der Waals surface area contributed by atoms with Gasteiger partial charge >= 0.3 is 0 Å². The first-order chi connectivity index (χ1) is 13.0. The maximum Gasteiger partial charge on any atom is 0.251 e. The van der Waals surface area contributed by atoms with Crippen LogP contribution in [0.1, 0.15) is 16.1 Å². The lowest BCUT2D eigenvalue weighted by atomic mass is 10.2. The van der Waals surface area contributed by atoms with E-state index in [1.165, 1.54) is 6.07 Å². The third-order valence-corrected chi connectivity index (χ3v) is 5.16. The topological polar surface area (TPSA) is 65.5 Å². The Labute approximate surface area is 168 Å². The van der Waals surface area contributed by atoms with Gasteiger partial charge in [0, 0.05) is 44.5 Å². The Balaban J connectivity index is 1.44. The molecule has 1 aromatic heterocycles. The molecule has 0 bridgehead atoms. The summed E-state index contributed by atoms with van der Waals surface area (Å²) in [7, 11) is 0. The lowest BCUT2D eigenvalue weighted by Crippen LogP contribution is -2.50. The van der Waals surface area contributed by atoms with Gasteiger partial charge in [-0.2, -0.15) is 0 Å². The summed E-state index contributed by atoms with van der Waals surface area (Å²) in [5.74, 6) is -0.448. The first-order valence-corrected chi connectivity index (χ1v) is 9.42. The van der Waals surface area contributed by atoms with E-state index in [1.54, 1.807) is 23.2 Å². The third-order valence-electron chi connectivity index (χ3n) is 4.42. The van der Waals surface area contributed by atoms with Crippen LogP contribution < -0.4 is 5.32 Å². The first kappa shape index (κ1) is 19.6. The molecule has 0 radical (unpaired) electrons. The highest BCUT2D eigenvalue weighted by Crippen LogP contribution is 2.22. The number of aromatic nitrogens is 1. The summed E-state index contributed by atoms with van der Waals surface area (Å²) in [5.41, 5.74) is 1.39. The van der Waals surface area contributed by atoms with Crippen LogP contribution in [0.25, 0.3) is 0 Å². The highest BCUT2D eigenvalue weighted by atomic mass is 35.5. The second kappa shape index (κ2) is 9.17. The van der Waals surface area contributed by atoms with Crippen LogP contribution in [0.15, 0.2) is 42.6 Å². The molecule has 1 N–H and O–H groups in total. The van der Waals surface area contributed by atoms with Gasteiger partial charge in [0.1, 0.15) is 0 Å². The molecule has 0 saturated carbocycles. The van der Waals surface area contributed by atoms with Crippen molar-refractivity contribution in [3.63, 3.8) is 0 Å². The number of hydrogen-bond donors (Lipinski definition) is 1. The fourth-order valence-electron chi connectivity index (χ4n) is 2.88. The van der Waals surface area contributed by atoms with Crippen LogP contribution >= 0.6 is 23.2 Å². The van der Waals surface area contributed by atoms with Crippen LogP contribution in [0, 0.1) is 0 Å². The summed E-state index contributed by atoms with van der Waals surface area (Å²) in [4.78, 5) is 32.9. The second-order valence-electron chi connectivity index (χ2n) is 6.29. The number of hydrogen-bond acceptors (Lipinski definition) is 4. The largest absolute Gasteiger partial charge is 0.343 e. The van der Waals surface area contributed by atoms with Crippen LogP contribution in [-0.4, -0.2) is 59.3 Å². The number of halogens is 2. The van der Waals surface area contributed by atoms with Gasteiger partial charge in [-0.25, -0.2) is 0 Å². The van der Waals surface area contributed by atoms with Gasteiger partial charge in [-0.1, -0.05) is 29.3 Å². The lowest BCUT2D eigenvalue weighted by Gasteiger charge is -2.34. The maximum atomic E-state index is 12.4. The number of rotatable bonds is 5. The number of carbonyl (C=O) groups excluding carboxylic acids is 2. The molecule has 0 aliphatic carbocycles. The minimum Gasteiger partial charge on any atom is -0.343 e. The predicted molar refractivity (Wildman–Crippen MR) is 105 cm³/mol. The van der Waals surface area contributed by atoms with E-state index < -0.39 is 0 Å². The highest BCUT2D eigenvalue weighted by Gasteiger charge is 2.21. The average Bonchev–Trinajstić information content (AvgIpc) is 2.69. The van der Waals surface area contributed by atoms with E-state index in [9.17, 15) is 9.59 Å². The molecule has 1 aliphatic rings. The van der Waals surface area contributed by atoms with E-state index in [1.807, 2.05) is 18.2 Å². The standard InChI is InChI=1S/C19H20Cl2N4O2/c20-16-5-4-14(11-17(16)21)19(27)23-12-18(26)25-9-7-24(8-10-25)13-15-3-1-2-6-22-15/h1-6,11H,7-10,12-13H2,(H,23,27). The zero-order valence-corrected chi connectivity index (χ0v) is 16.2. The molecule has 8 heteroatoms. The van der Waals surface area contributed by atoms with Crippen molar-refractivity contribution in [3.8, 4) is 0 Å². The van der Waals surface area contributed by atoms with Crippen molar-refractivity contribution in [2.45, 2.75) is 6.54 Å². The number of nitrogens with one attached hydrogen (secondary N) is 1. The summed E-state index contributed by atoms with van der Waals surface area (Å²) in [6.45, 7) is 3.56. The first-order valence-electron chi connectivity index (χ1n) is 8.66. The summed E-state index contributed by atoms with van der Waals surface area (Å²) in [6.07, 6.45) is 1.78. The van der Waals surface area contributed by atoms with E-state index >= 15 is 0 Å². The van der Waals surface area contributed by atoms with Gasteiger partial charge < -0.3 is 10.2 Å². The fourth-order valence-corrected chi connectivity index (χ4v) is 3.18. The van der Waals surface area contributed by atoms with Crippen LogP contribution in [0.4, 0.5) is 0 Å². The zero-order valence-electron chi connectivity index (χ0n) is 14.7. The van der Waals surface area contributed by atoms with Crippen molar-refractivity contribution in [3.05, 3.63) is 63.9 Å². The number of piperazine rings is 1. The number of carbonyl (C=O) groups is 2. The van der Waals surface area contributed by atoms with Crippen molar-refractivity contribution in [2.75, 3.05) is 32.7 Å². The zero-order chi connectivity index (χ0) is 19.2. The number of pyridine rings is 1. The molecule has 6 nitrogen and oxygen atoms in total. The monoisotopic (exact) mass is 406 g/mol. The van der Waals surface area contributed by atoms with Crippen LogP contribution in [0.2, 0.25) is 10.0 Å². The Morgan fingerprint density at radius 3 is 2.48 bits per heavy atom. The molecule has 1 fully saturated rings. The smallest absolute Gasteiger partial charge is 0.251 e. The van der Waals surface area contributed by atoms with Crippen molar-refractivity contribution >= 4 is 35.0 Å². The molecule has 1 aliphatic heterocycles. The quantitative estimate of drug-likeness (QED) is 0.827. The molecule has 1 saturated heterocycles. The van der Waals surface area contributed by atoms with E-state index in [0.29, 0.717) is 28.7 Å². The van der Waals surface area contributed by atoms with Crippen molar-refractivity contribution in [2.24, 2.45) is 0 Å². The molecule has 0 atom stereocenters. The lowest BCUT2D eigenvalue weighted by molar-refractivity contribution is -0.131. The highest BCUT2D eigenvalue weighted by molar-refractivity contribution is 6.42. The minimum atomic E-state index is -0.351. The van der Waals surface area contributed by atoms with Gasteiger partial charge in [0.15, 0.2) is 0 Å². The van der Waals surface area contributed by atoms with Crippen LogP contribution in [-0.2, 0) is 11.3 Å². The third kappa shape index (κ3) is 5.42. The molecular formula is C19H20Cl2N4O2. The molecule has 0 unspecified atom stereocenters. The molecule has 2 aromatic rings. The molecule has 3 rings (SSSR count). The van der Waals surface area contributed by atoms with Crippen molar-refractivity contribution < 1.29 is 9.59 Å². The maximum absolute atomic E-state index is 12.4. The SMILES string of the molecule is O=C(NCC(=O)N1CCN(Cc2ccccn2)CC1)c1ccc(Cl)c(Cl)c1. The van der Waals surface area contributed by atoms with Crippen LogP contribution in [0.5, 0.6) is 0 Å². The second-order valence-corrected chi connectivity index (χ2v) is 7.10. The Hall–Kier alpha value is -2.15. The normalized spacial score (nSPS) is 14.8. The van der Waals surface area contributed by atoms with Crippen molar-refractivity contribution in [1.29, 1.82) is 0 Å². The minimum absolute atomic E-state index is 0.0423. The van der Waals surface area contributed by atoms with E-state index in [4.69, 9.17) is 23.2 Å². The molecule has 1 aromatic carbocycles. The Morgan fingerprint density at radius 1 is 1.04 bits per heavy atom. The van der Waals surface area contributed by atoms with Gasteiger partial charge in [0.05, 0.1) is 22.3 Å². The molecule has 27 heavy (non-hydrogen) atoms. The number of nitrogens with zero attached hydrogens (tertiary/aromatic N) is 3. The van der Waals surface area contributed by atoms with Gasteiger partial charge in [0.2, 0.25) is 5.91 Å². The molecule has 2 heterocycles. The Bertz CT molecular complexity index is 809. The number of benzene rings is 1. The molecule has 2 amide bonds. The van der Waals surface area contributed by atoms with E-state index in [0.717, 1.165) is 25.3 Å². The Morgan fingerprint density at radius 2 is 1.81 bits per heavy atom.